The highest BCUT2D eigenvalue weighted by Crippen LogP contribution is 2.21. The molecule has 18 heavy (non-hydrogen) atoms. The monoisotopic (exact) mass is 289 g/mol. The molecular weight excluding hydrogens is 274 g/mol. The number of amides is 1. The molecule has 0 bridgehead atoms. The molecule has 0 aliphatic rings. The Kier molecular flexibility index (Phi) is 5.62. The molecule has 1 aromatic rings. The SMILES string of the molecule is CC(CCS(C)=O)NC(=O)c1cc(O)ccc1Cl. The molecule has 2 N–H and O–H groups in total. The zero-order chi connectivity index (χ0) is 13.7. The number of carbonyl (C=O) groups is 1. The second kappa shape index (κ2) is 6.75. The van der Waals surface area contributed by atoms with Crippen LogP contribution in [0, 0.1) is 0 Å². The molecule has 4 nitrogen and oxygen atoms in total. The van der Waals surface area contributed by atoms with Crippen LogP contribution in [-0.4, -0.2) is 33.3 Å². The molecule has 0 saturated carbocycles. The number of phenolic OH excluding ortho intramolecular Hbond substituents is 1. The number of hydrogen-bond donors (Lipinski definition) is 2. The van der Waals surface area contributed by atoms with Crippen LogP contribution in [0.5, 0.6) is 5.75 Å². The van der Waals surface area contributed by atoms with Gasteiger partial charge < -0.3 is 10.4 Å². The van der Waals surface area contributed by atoms with E-state index in [9.17, 15) is 14.1 Å². The zero-order valence-electron chi connectivity index (χ0n) is 10.3. The van der Waals surface area contributed by atoms with Gasteiger partial charge in [0.2, 0.25) is 0 Å². The maximum Gasteiger partial charge on any atom is 0.253 e. The fraction of sp³-hybridized carbons (Fsp3) is 0.417. The van der Waals surface area contributed by atoms with E-state index in [1.165, 1.54) is 18.2 Å². The van der Waals surface area contributed by atoms with Crippen molar-refractivity contribution >= 4 is 28.3 Å². The van der Waals surface area contributed by atoms with Gasteiger partial charge in [0.25, 0.3) is 5.91 Å². The summed E-state index contributed by atoms with van der Waals surface area (Å²) in [6.45, 7) is 1.83. The minimum absolute atomic E-state index is 0.00753. The Labute approximate surface area is 114 Å². The third-order valence-corrected chi connectivity index (χ3v) is 3.55. The number of phenols is 1. The minimum Gasteiger partial charge on any atom is -0.508 e. The molecule has 2 unspecified atom stereocenters. The van der Waals surface area contributed by atoms with Crippen LogP contribution in [0.4, 0.5) is 0 Å². The number of aromatic hydroxyl groups is 1. The molecule has 0 radical (unpaired) electrons. The summed E-state index contributed by atoms with van der Waals surface area (Å²) in [5.41, 5.74) is 0.237. The van der Waals surface area contributed by atoms with Gasteiger partial charge in [0.1, 0.15) is 5.75 Å². The highest BCUT2D eigenvalue weighted by atomic mass is 35.5. The summed E-state index contributed by atoms with van der Waals surface area (Å²) in [4.78, 5) is 11.9. The van der Waals surface area contributed by atoms with Gasteiger partial charge in [0.15, 0.2) is 0 Å². The molecule has 2 atom stereocenters. The number of nitrogens with one attached hydrogen (secondary N) is 1. The number of benzene rings is 1. The number of carbonyl (C=O) groups excluding carboxylic acids is 1. The highest BCUT2D eigenvalue weighted by Gasteiger charge is 2.14. The summed E-state index contributed by atoms with van der Waals surface area (Å²) >= 11 is 5.88. The van der Waals surface area contributed by atoms with Gasteiger partial charge in [-0.15, -0.1) is 0 Å². The number of halogens is 1. The van der Waals surface area contributed by atoms with E-state index in [-0.39, 0.29) is 28.3 Å². The molecule has 100 valence electrons. The quantitative estimate of drug-likeness (QED) is 0.870. The summed E-state index contributed by atoms with van der Waals surface area (Å²) in [7, 11) is -0.871. The van der Waals surface area contributed by atoms with E-state index in [0.717, 1.165) is 0 Å². The van der Waals surface area contributed by atoms with Crippen molar-refractivity contribution in [3.63, 3.8) is 0 Å². The first kappa shape index (κ1) is 15.0. The molecule has 0 fully saturated rings. The van der Waals surface area contributed by atoms with Crippen molar-refractivity contribution < 1.29 is 14.1 Å². The van der Waals surface area contributed by atoms with Crippen molar-refractivity contribution in [3.05, 3.63) is 28.8 Å². The summed E-state index contributed by atoms with van der Waals surface area (Å²) in [6.07, 6.45) is 2.26. The lowest BCUT2D eigenvalue weighted by molar-refractivity contribution is 0.0939. The molecule has 0 spiro atoms. The molecule has 0 aliphatic carbocycles. The van der Waals surface area contributed by atoms with E-state index in [2.05, 4.69) is 5.32 Å². The Balaban J connectivity index is 2.64. The standard InChI is InChI=1S/C12H16ClNO3S/c1-8(5-6-18(2)17)14-12(16)10-7-9(15)3-4-11(10)13/h3-4,7-8,15H,5-6H2,1-2H3,(H,14,16). The largest absolute Gasteiger partial charge is 0.508 e. The van der Waals surface area contributed by atoms with Crippen LogP contribution >= 0.6 is 11.6 Å². The van der Waals surface area contributed by atoms with Gasteiger partial charge in [-0.2, -0.15) is 0 Å². The average Bonchev–Trinajstić information content (AvgIpc) is 2.29. The van der Waals surface area contributed by atoms with Crippen LogP contribution in [0.25, 0.3) is 0 Å². The normalized spacial score (nSPS) is 13.9. The summed E-state index contributed by atoms with van der Waals surface area (Å²) in [5.74, 6) is 0.187. The lowest BCUT2D eigenvalue weighted by Crippen LogP contribution is -2.33. The van der Waals surface area contributed by atoms with Crippen molar-refractivity contribution in [2.75, 3.05) is 12.0 Å². The Morgan fingerprint density at radius 2 is 2.22 bits per heavy atom. The van der Waals surface area contributed by atoms with Gasteiger partial charge in [0, 0.05) is 28.9 Å². The van der Waals surface area contributed by atoms with Crippen LogP contribution in [0.1, 0.15) is 23.7 Å². The lowest BCUT2D eigenvalue weighted by Gasteiger charge is -2.13. The second-order valence-electron chi connectivity index (χ2n) is 4.10. The van der Waals surface area contributed by atoms with Crippen molar-refractivity contribution in [3.8, 4) is 5.75 Å². The average molecular weight is 290 g/mol. The summed E-state index contributed by atoms with van der Waals surface area (Å²) in [5, 5.41) is 12.4. The molecule has 0 aromatic heterocycles. The van der Waals surface area contributed by atoms with Crippen LogP contribution in [0.3, 0.4) is 0 Å². The van der Waals surface area contributed by atoms with E-state index >= 15 is 0 Å². The van der Waals surface area contributed by atoms with E-state index in [0.29, 0.717) is 12.2 Å². The second-order valence-corrected chi connectivity index (χ2v) is 6.07. The van der Waals surface area contributed by atoms with Gasteiger partial charge in [-0.25, -0.2) is 0 Å². The van der Waals surface area contributed by atoms with Crippen molar-refractivity contribution in [1.82, 2.24) is 5.32 Å². The van der Waals surface area contributed by atoms with Crippen LogP contribution < -0.4 is 5.32 Å². The molecule has 1 aromatic carbocycles. The predicted molar refractivity (Wildman–Crippen MR) is 73.6 cm³/mol. The summed E-state index contributed by atoms with van der Waals surface area (Å²) < 4.78 is 10.9. The summed E-state index contributed by atoms with van der Waals surface area (Å²) in [6, 6.07) is 4.11. The highest BCUT2D eigenvalue weighted by molar-refractivity contribution is 7.84. The lowest BCUT2D eigenvalue weighted by atomic mass is 10.1. The molecular formula is C12H16ClNO3S. The maximum atomic E-state index is 11.9. The van der Waals surface area contributed by atoms with Gasteiger partial charge >= 0.3 is 0 Å². The van der Waals surface area contributed by atoms with Gasteiger partial charge in [-0.3, -0.25) is 9.00 Å². The van der Waals surface area contributed by atoms with E-state index in [1.54, 1.807) is 6.26 Å². The first-order valence-electron chi connectivity index (χ1n) is 5.49. The van der Waals surface area contributed by atoms with E-state index in [1.807, 2.05) is 6.92 Å². The topological polar surface area (TPSA) is 66.4 Å². The van der Waals surface area contributed by atoms with Gasteiger partial charge in [-0.05, 0) is 31.5 Å². The van der Waals surface area contributed by atoms with Gasteiger partial charge in [-0.1, -0.05) is 11.6 Å². The van der Waals surface area contributed by atoms with E-state index in [4.69, 9.17) is 11.6 Å². The smallest absolute Gasteiger partial charge is 0.253 e. The third kappa shape index (κ3) is 4.66. The molecule has 1 rings (SSSR count). The molecule has 0 saturated heterocycles. The molecule has 0 aliphatic heterocycles. The first-order chi connectivity index (χ1) is 8.40. The van der Waals surface area contributed by atoms with Gasteiger partial charge in [0.05, 0.1) is 10.6 Å². The molecule has 1 amide bonds. The Hall–Kier alpha value is -1.07. The van der Waals surface area contributed by atoms with Crippen molar-refractivity contribution in [1.29, 1.82) is 0 Å². The van der Waals surface area contributed by atoms with Crippen LogP contribution in [-0.2, 0) is 10.8 Å². The fourth-order valence-electron chi connectivity index (χ4n) is 1.40. The third-order valence-electron chi connectivity index (χ3n) is 2.41. The minimum atomic E-state index is -0.871. The molecule has 6 heteroatoms. The van der Waals surface area contributed by atoms with Crippen molar-refractivity contribution in [2.24, 2.45) is 0 Å². The zero-order valence-corrected chi connectivity index (χ0v) is 11.8. The maximum absolute atomic E-state index is 11.9. The Morgan fingerprint density at radius 1 is 1.56 bits per heavy atom. The number of hydrogen-bond acceptors (Lipinski definition) is 3. The van der Waals surface area contributed by atoms with Crippen molar-refractivity contribution in [2.45, 2.75) is 19.4 Å². The fourth-order valence-corrected chi connectivity index (χ4v) is 2.29. The Morgan fingerprint density at radius 3 is 2.83 bits per heavy atom. The first-order valence-corrected chi connectivity index (χ1v) is 7.60. The molecule has 0 heterocycles. The number of rotatable bonds is 5. The van der Waals surface area contributed by atoms with Crippen LogP contribution in [0.15, 0.2) is 18.2 Å². The van der Waals surface area contributed by atoms with E-state index < -0.39 is 10.8 Å². The van der Waals surface area contributed by atoms with Crippen LogP contribution in [0.2, 0.25) is 5.02 Å². The Bertz CT molecular complexity index is 465. The predicted octanol–water partition coefficient (Wildman–Crippen LogP) is 1.93.